The molecule has 0 aromatic carbocycles. The average Bonchev–Trinajstić information content (AvgIpc) is 2.25. The molecule has 2 rings (SSSR count). The molecule has 3 atom stereocenters. The molecule has 2 N–H and O–H groups in total. The second-order valence-electron chi connectivity index (χ2n) is 5.32. The second kappa shape index (κ2) is 5.28. The number of hydrogen-bond acceptors (Lipinski definition) is 3. The van der Waals surface area contributed by atoms with Gasteiger partial charge in [0.1, 0.15) is 0 Å². The van der Waals surface area contributed by atoms with Gasteiger partial charge < -0.3 is 10.6 Å². The lowest BCUT2D eigenvalue weighted by molar-refractivity contribution is 0.116. The molecule has 2 aliphatic rings. The van der Waals surface area contributed by atoms with Gasteiger partial charge in [-0.15, -0.1) is 0 Å². The summed E-state index contributed by atoms with van der Waals surface area (Å²) in [4.78, 5) is 2.67. The monoisotopic (exact) mass is 211 g/mol. The van der Waals surface area contributed by atoms with E-state index in [1.54, 1.807) is 0 Å². The minimum atomic E-state index is 0.665. The minimum absolute atomic E-state index is 0.665. The quantitative estimate of drug-likeness (QED) is 0.703. The lowest BCUT2D eigenvalue weighted by atomic mass is 9.97. The third-order valence-corrected chi connectivity index (χ3v) is 3.79. The average molecular weight is 211 g/mol. The topological polar surface area (TPSA) is 27.3 Å². The van der Waals surface area contributed by atoms with Crippen LogP contribution in [0.4, 0.5) is 0 Å². The third-order valence-electron chi connectivity index (χ3n) is 3.79. The maximum absolute atomic E-state index is 3.54. The van der Waals surface area contributed by atoms with Crippen LogP contribution in [0, 0.1) is 5.92 Å². The van der Waals surface area contributed by atoms with Gasteiger partial charge in [-0.05, 0) is 45.7 Å². The van der Waals surface area contributed by atoms with E-state index < -0.39 is 0 Å². The summed E-state index contributed by atoms with van der Waals surface area (Å²) < 4.78 is 0. The molecule has 88 valence electrons. The molecule has 3 heteroatoms. The van der Waals surface area contributed by atoms with Crippen LogP contribution in [0.3, 0.4) is 0 Å². The molecule has 2 heterocycles. The molecule has 0 amide bonds. The lowest BCUT2D eigenvalue weighted by Crippen LogP contribution is -2.56. The van der Waals surface area contributed by atoms with Crippen LogP contribution in [0.5, 0.6) is 0 Å². The second-order valence-corrected chi connectivity index (χ2v) is 5.32. The number of nitrogens with zero attached hydrogens (tertiary/aromatic N) is 1. The summed E-state index contributed by atoms with van der Waals surface area (Å²) in [6, 6.07) is 1.38. The normalized spacial score (nSPS) is 39.2. The van der Waals surface area contributed by atoms with Crippen molar-refractivity contribution >= 4 is 0 Å². The number of piperidine rings is 1. The molecule has 2 fully saturated rings. The molecule has 0 aromatic rings. The third kappa shape index (κ3) is 3.16. The number of rotatable bonds is 2. The number of hydrogen-bond donors (Lipinski definition) is 2. The maximum atomic E-state index is 3.54. The van der Waals surface area contributed by atoms with Crippen LogP contribution in [0.1, 0.15) is 26.7 Å². The van der Waals surface area contributed by atoms with Gasteiger partial charge in [-0.25, -0.2) is 0 Å². The Balaban J connectivity index is 1.80. The van der Waals surface area contributed by atoms with E-state index in [4.69, 9.17) is 0 Å². The standard InChI is InChI=1S/C12H25N3/c1-10-8-15(11(2)6-14-10)9-12-4-3-5-13-7-12/h10-14H,3-9H2,1-2H3. The molecule has 2 saturated heterocycles. The Kier molecular flexibility index (Phi) is 4.00. The Morgan fingerprint density at radius 2 is 2.13 bits per heavy atom. The molecule has 0 aliphatic carbocycles. The highest BCUT2D eigenvalue weighted by atomic mass is 15.2. The first-order valence-corrected chi connectivity index (χ1v) is 6.44. The molecule has 3 unspecified atom stereocenters. The summed E-state index contributed by atoms with van der Waals surface area (Å²) in [6.07, 6.45) is 2.78. The van der Waals surface area contributed by atoms with E-state index in [1.807, 2.05) is 0 Å². The van der Waals surface area contributed by atoms with Gasteiger partial charge in [0.05, 0.1) is 0 Å². The van der Waals surface area contributed by atoms with E-state index in [9.17, 15) is 0 Å². The first-order valence-electron chi connectivity index (χ1n) is 6.44. The molecule has 0 radical (unpaired) electrons. The van der Waals surface area contributed by atoms with Crippen molar-refractivity contribution in [3.63, 3.8) is 0 Å². The fourth-order valence-corrected chi connectivity index (χ4v) is 2.76. The Bertz CT molecular complexity index is 189. The van der Waals surface area contributed by atoms with Crippen LogP contribution < -0.4 is 10.6 Å². The first-order chi connectivity index (χ1) is 7.25. The van der Waals surface area contributed by atoms with Crippen molar-refractivity contribution in [1.29, 1.82) is 0 Å². The van der Waals surface area contributed by atoms with Crippen LogP contribution in [0.15, 0.2) is 0 Å². The predicted octanol–water partition coefficient (Wildman–Crippen LogP) is 0.668. The number of piperazine rings is 1. The van der Waals surface area contributed by atoms with E-state index in [0.29, 0.717) is 12.1 Å². The first kappa shape index (κ1) is 11.4. The van der Waals surface area contributed by atoms with E-state index in [1.165, 1.54) is 39.0 Å². The van der Waals surface area contributed by atoms with Gasteiger partial charge in [0.15, 0.2) is 0 Å². The van der Waals surface area contributed by atoms with E-state index in [0.717, 1.165) is 12.5 Å². The SMILES string of the molecule is CC1CN(CC2CCCNC2)C(C)CN1. The Morgan fingerprint density at radius 3 is 2.87 bits per heavy atom. The Labute approximate surface area is 93.6 Å². The summed E-state index contributed by atoms with van der Waals surface area (Å²) in [7, 11) is 0. The van der Waals surface area contributed by atoms with Gasteiger partial charge in [0.25, 0.3) is 0 Å². The van der Waals surface area contributed by atoms with Crippen molar-refractivity contribution in [3.05, 3.63) is 0 Å². The van der Waals surface area contributed by atoms with Crippen LogP contribution in [-0.2, 0) is 0 Å². The zero-order chi connectivity index (χ0) is 10.7. The van der Waals surface area contributed by atoms with Gasteiger partial charge >= 0.3 is 0 Å². The minimum Gasteiger partial charge on any atom is -0.316 e. The maximum Gasteiger partial charge on any atom is 0.0193 e. The molecule has 0 aromatic heterocycles. The molecular weight excluding hydrogens is 186 g/mol. The van der Waals surface area contributed by atoms with Crippen LogP contribution >= 0.6 is 0 Å². The smallest absolute Gasteiger partial charge is 0.0193 e. The van der Waals surface area contributed by atoms with Gasteiger partial charge in [-0.2, -0.15) is 0 Å². The summed E-state index contributed by atoms with van der Waals surface area (Å²) in [5.74, 6) is 0.881. The van der Waals surface area contributed by atoms with Crippen molar-refractivity contribution in [2.45, 2.75) is 38.8 Å². The van der Waals surface area contributed by atoms with Crippen molar-refractivity contribution in [2.75, 3.05) is 32.7 Å². The van der Waals surface area contributed by atoms with E-state index in [-0.39, 0.29) is 0 Å². The van der Waals surface area contributed by atoms with Crippen molar-refractivity contribution in [2.24, 2.45) is 5.92 Å². The largest absolute Gasteiger partial charge is 0.316 e. The van der Waals surface area contributed by atoms with Crippen LogP contribution in [0.2, 0.25) is 0 Å². The summed E-state index contributed by atoms with van der Waals surface area (Å²) in [5, 5.41) is 7.05. The fraction of sp³-hybridized carbons (Fsp3) is 1.00. The van der Waals surface area contributed by atoms with Crippen molar-refractivity contribution in [1.82, 2.24) is 15.5 Å². The molecule has 0 saturated carbocycles. The van der Waals surface area contributed by atoms with Crippen LogP contribution in [-0.4, -0.2) is 49.7 Å². The number of nitrogens with one attached hydrogen (secondary N) is 2. The Hall–Kier alpha value is -0.120. The van der Waals surface area contributed by atoms with Gasteiger partial charge in [-0.1, -0.05) is 0 Å². The fourth-order valence-electron chi connectivity index (χ4n) is 2.76. The Morgan fingerprint density at radius 1 is 1.27 bits per heavy atom. The van der Waals surface area contributed by atoms with Gasteiger partial charge in [0.2, 0.25) is 0 Å². The predicted molar refractivity (Wildman–Crippen MR) is 64.1 cm³/mol. The zero-order valence-electron chi connectivity index (χ0n) is 10.1. The molecule has 0 bridgehead atoms. The van der Waals surface area contributed by atoms with Gasteiger partial charge in [0, 0.05) is 31.7 Å². The molecule has 0 spiro atoms. The lowest BCUT2D eigenvalue weighted by Gasteiger charge is -2.40. The zero-order valence-corrected chi connectivity index (χ0v) is 10.1. The summed E-state index contributed by atoms with van der Waals surface area (Å²) in [6.45, 7) is 10.8. The molecule has 2 aliphatic heterocycles. The van der Waals surface area contributed by atoms with E-state index in [2.05, 4.69) is 29.4 Å². The summed E-state index contributed by atoms with van der Waals surface area (Å²) in [5.41, 5.74) is 0. The van der Waals surface area contributed by atoms with Gasteiger partial charge in [-0.3, -0.25) is 4.90 Å². The van der Waals surface area contributed by atoms with Crippen molar-refractivity contribution in [3.8, 4) is 0 Å². The summed E-state index contributed by atoms with van der Waals surface area (Å²) >= 11 is 0. The van der Waals surface area contributed by atoms with Crippen LogP contribution in [0.25, 0.3) is 0 Å². The van der Waals surface area contributed by atoms with E-state index >= 15 is 0 Å². The van der Waals surface area contributed by atoms with Crippen molar-refractivity contribution < 1.29 is 0 Å². The highest BCUT2D eigenvalue weighted by Gasteiger charge is 2.25. The molecule has 15 heavy (non-hydrogen) atoms. The molecular formula is C12H25N3. The highest BCUT2D eigenvalue weighted by Crippen LogP contribution is 2.15. The highest BCUT2D eigenvalue weighted by molar-refractivity contribution is 4.84. The molecule has 3 nitrogen and oxygen atoms in total.